The number of para-hydroxylation sites is 1. The zero-order valence-electron chi connectivity index (χ0n) is 13.9. The van der Waals surface area contributed by atoms with Gasteiger partial charge in [0.2, 0.25) is 5.82 Å². The quantitative estimate of drug-likeness (QED) is 0.481. The summed E-state index contributed by atoms with van der Waals surface area (Å²) in [5.41, 5.74) is -0.566. The summed E-state index contributed by atoms with van der Waals surface area (Å²) in [7, 11) is 0. The molecule has 1 heterocycles. The topological polar surface area (TPSA) is 32.3 Å². The van der Waals surface area contributed by atoms with E-state index in [0.717, 1.165) is 4.90 Å². The lowest BCUT2D eigenvalue weighted by atomic mass is 9.99. The Bertz CT molecular complexity index is 857. The van der Waals surface area contributed by atoms with E-state index in [1.807, 2.05) is 0 Å². The number of carbonyl (C=O) groups excluding carboxylic acids is 1. The van der Waals surface area contributed by atoms with Gasteiger partial charge in [-0.2, -0.15) is 0 Å². The molecule has 8 heteroatoms. The van der Waals surface area contributed by atoms with Crippen molar-refractivity contribution in [3.05, 3.63) is 64.5 Å². The van der Waals surface area contributed by atoms with Crippen molar-refractivity contribution in [2.45, 2.75) is 32.5 Å². The highest BCUT2D eigenvalue weighted by molar-refractivity contribution is 6.01. The van der Waals surface area contributed by atoms with E-state index >= 15 is 0 Å². The molecular weight excluding hydrogens is 355 g/mol. The van der Waals surface area contributed by atoms with Gasteiger partial charge in [0.15, 0.2) is 23.3 Å². The molecule has 0 saturated heterocycles. The lowest BCUT2D eigenvalue weighted by Gasteiger charge is -2.41. The number of rotatable bonds is 3. The fourth-order valence-corrected chi connectivity index (χ4v) is 2.99. The third-order valence-corrected chi connectivity index (χ3v) is 4.55. The SMILES string of the molecule is CC[C@H](C)N1C(=O)c2ccccc2N[C@H]1c1c(F)c(F)c(F)c(F)c1F. The van der Waals surface area contributed by atoms with Crippen molar-refractivity contribution >= 4 is 11.6 Å². The lowest BCUT2D eigenvalue weighted by molar-refractivity contribution is 0.0583. The minimum absolute atomic E-state index is 0.256. The van der Waals surface area contributed by atoms with E-state index in [0.29, 0.717) is 6.42 Å². The summed E-state index contributed by atoms with van der Waals surface area (Å²) in [4.78, 5) is 13.9. The molecule has 0 radical (unpaired) electrons. The molecule has 2 aromatic rings. The molecule has 0 aliphatic carbocycles. The molecule has 2 aromatic carbocycles. The van der Waals surface area contributed by atoms with Gasteiger partial charge in [0.25, 0.3) is 5.91 Å². The van der Waals surface area contributed by atoms with Crippen molar-refractivity contribution in [2.24, 2.45) is 0 Å². The van der Waals surface area contributed by atoms with Gasteiger partial charge in [0, 0.05) is 11.7 Å². The monoisotopic (exact) mass is 370 g/mol. The van der Waals surface area contributed by atoms with E-state index in [4.69, 9.17) is 0 Å². The number of amides is 1. The Hall–Kier alpha value is -2.64. The van der Waals surface area contributed by atoms with Crippen LogP contribution in [0, 0.1) is 29.1 Å². The standard InChI is InChI=1S/C18H15F5N2O/c1-3-8(2)25-17(24-10-7-5-4-6-9(10)18(25)26)11-12(19)14(21)16(23)15(22)13(11)20/h4-8,17,24H,3H2,1-2H3/t8-,17+/m0/s1. The number of anilines is 1. The van der Waals surface area contributed by atoms with Crippen molar-refractivity contribution in [2.75, 3.05) is 5.32 Å². The van der Waals surface area contributed by atoms with Crippen LogP contribution in [0.25, 0.3) is 0 Å². The number of fused-ring (bicyclic) bond motifs is 1. The Morgan fingerprint density at radius 3 is 2.12 bits per heavy atom. The van der Waals surface area contributed by atoms with Crippen LogP contribution in [0.5, 0.6) is 0 Å². The normalized spacial score (nSPS) is 17.7. The molecule has 0 saturated carbocycles. The van der Waals surface area contributed by atoms with Crippen LogP contribution in [-0.2, 0) is 0 Å². The van der Waals surface area contributed by atoms with Gasteiger partial charge >= 0.3 is 0 Å². The minimum atomic E-state index is -2.23. The highest BCUT2D eigenvalue weighted by Gasteiger charge is 2.40. The second-order valence-corrected chi connectivity index (χ2v) is 6.05. The molecule has 2 atom stereocenters. The molecule has 1 N–H and O–H groups in total. The predicted octanol–water partition coefficient (Wildman–Crippen LogP) is 4.75. The molecule has 0 bridgehead atoms. The summed E-state index contributed by atoms with van der Waals surface area (Å²) in [6.45, 7) is 3.38. The summed E-state index contributed by atoms with van der Waals surface area (Å²) < 4.78 is 69.4. The van der Waals surface area contributed by atoms with Gasteiger partial charge in [-0.1, -0.05) is 19.1 Å². The number of nitrogens with zero attached hydrogens (tertiary/aromatic N) is 1. The van der Waals surface area contributed by atoms with Gasteiger partial charge in [0.1, 0.15) is 6.17 Å². The van der Waals surface area contributed by atoms with Gasteiger partial charge in [-0.25, -0.2) is 22.0 Å². The maximum absolute atomic E-state index is 14.3. The van der Waals surface area contributed by atoms with Gasteiger partial charge in [-0.05, 0) is 25.5 Å². The predicted molar refractivity (Wildman–Crippen MR) is 85.0 cm³/mol. The minimum Gasteiger partial charge on any atom is -0.361 e. The zero-order valence-corrected chi connectivity index (χ0v) is 13.9. The number of halogens is 5. The average molecular weight is 370 g/mol. The van der Waals surface area contributed by atoms with Crippen LogP contribution >= 0.6 is 0 Å². The third kappa shape index (κ3) is 2.60. The molecule has 3 nitrogen and oxygen atoms in total. The molecule has 0 aromatic heterocycles. The van der Waals surface area contributed by atoms with Crippen molar-refractivity contribution < 1.29 is 26.7 Å². The van der Waals surface area contributed by atoms with E-state index in [2.05, 4.69) is 5.32 Å². The number of nitrogens with one attached hydrogen (secondary N) is 1. The highest BCUT2D eigenvalue weighted by Crippen LogP contribution is 2.38. The maximum Gasteiger partial charge on any atom is 0.258 e. The van der Waals surface area contributed by atoms with E-state index in [-0.39, 0.29) is 11.3 Å². The molecular formula is C18H15F5N2O. The molecule has 0 fully saturated rings. The molecule has 1 amide bonds. The maximum atomic E-state index is 14.3. The summed E-state index contributed by atoms with van der Waals surface area (Å²) in [6, 6.07) is 5.72. The first-order valence-electron chi connectivity index (χ1n) is 7.99. The first-order chi connectivity index (χ1) is 12.3. The van der Waals surface area contributed by atoms with Crippen LogP contribution in [0.15, 0.2) is 24.3 Å². The highest BCUT2D eigenvalue weighted by atomic mass is 19.2. The molecule has 0 unspecified atom stereocenters. The number of hydrogen-bond donors (Lipinski definition) is 1. The molecule has 0 spiro atoms. The van der Waals surface area contributed by atoms with Crippen molar-refractivity contribution in [3.63, 3.8) is 0 Å². The summed E-state index contributed by atoms with van der Waals surface area (Å²) in [6.07, 6.45) is -1.11. The summed E-state index contributed by atoms with van der Waals surface area (Å²) in [5, 5.41) is 2.73. The van der Waals surface area contributed by atoms with Crippen LogP contribution in [0.4, 0.5) is 27.6 Å². The van der Waals surface area contributed by atoms with Crippen LogP contribution in [0.1, 0.15) is 42.4 Å². The average Bonchev–Trinajstić information content (AvgIpc) is 2.64. The van der Waals surface area contributed by atoms with E-state index in [9.17, 15) is 26.7 Å². The lowest BCUT2D eigenvalue weighted by Crippen LogP contribution is -2.48. The molecule has 138 valence electrons. The Labute approximate surface area is 146 Å². The van der Waals surface area contributed by atoms with Crippen molar-refractivity contribution in [3.8, 4) is 0 Å². The second kappa shape index (κ2) is 6.59. The zero-order chi connectivity index (χ0) is 19.2. The summed E-state index contributed by atoms with van der Waals surface area (Å²) >= 11 is 0. The largest absolute Gasteiger partial charge is 0.361 e. The van der Waals surface area contributed by atoms with E-state index < -0.39 is 52.8 Å². The van der Waals surface area contributed by atoms with Gasteiger partial charge in [-0.3, -0.25) is 4.79 Å². The van der Waals surface area contributed by atoms with Gasteiger partial charge < -0.3 is 10.2 Å². The van der Waals surface area contributed by atoms with Gasteiger partial charge in [0.05, 0.1) is 11.1 Å². The molecule has 1 aliphatic heterocycles. The fourth-order valence-electron chi connectivity index (χ4n) is 2.99. The molecule has 1 aliphatic rings. The number of hydrogen-bond acceptors (Lipinski definition) is 2. The molecule has 26 heavy (non-hydrogen) atoms. The van der Waals surface area contributed by atoms with Crippen LogP contribution in [-0.4, -0.2) is 16.8 Å². The van der Waals surface area contributed by atoms with Crippen molar-refractivity contribution in [1.29, 1.82) is 0 Å². The first kappa shape index (κ1) is 18.2. The first-order valence-corrected chi connectivity index (χ1v) is 7.99. The Morgan fingerprint density at radius 2 is 1.54 bits per heavy atom. The Kier molecular flexibility index (Phi) is 4.60. The molecule has 3 rings (SSSR count). The third-order valence-electron chi connectivity index (χ3n) is 4.55. The smallest absolute Gasteiger partial charge is 0.258 e. The Morgan fingerprint density at radius 1 is 1.00 bits per heavy atom. The number of benzene rings is 2. The van der Waals surface area contributed by atoms with Crippen LogP contribution in [0.2, 0.25) is 0 Å². The second-order valence-electron chi connectivity index (χ2n) is 6.05. The van der Waals surface area contributed by atoms with Crippen molar-refractivity contribution in [1.82, 2.24) is 4.90 Å². The van der Waals surface area contributed by atoms with E-state index in [1.165, 1.54) is 12.1 Å². The number of carbonyl (C=O) groups is 1. The summed E-state index contributed by atoms with van der Waals surface area (Å²) in [5.74, 6) is -10.8. The fraction of sp³-hybridized carbons (Fsp3) is 0.278. The van der Waals surface area contributed by atoms with E-state index in [1.54, 1.807) is 26.0 Å². The van der Waals surface area contributed by atoms with Crippen LogP contribution in [0.3, 0.4) is 0 Å². The van der Waals surface area contributed by atoms with Crippen LogP contribution < -0.4 is 5.32 Å². The Balaban J connectivity index is 2.25. The van der Waals surface area contributed by atoms with Gasteiger partial charge in [-0.15, -0.1) is 0 Å².